The van der Waals surface area contributed by atoms with Gasteiger partial charge in [-0.3, -0.25) is 0 Å². The summed E-state index contributed by atoms with van der Waals surface area (Å²) in [5.74, 6) is 0.567. The van der Waals surface area contributed by atoms with Crippen molar-refractivity contribution in [2.45, 2.75) is 32.1 Å². The normalized spacial score (nSPS) is 14.9. The molecule has 1 fully saturated rings. The van der Waals surface area contributed by atoms with E-state index in [0.717, 1.165) is 23.5 Å². The van der Waals surface area contributed by atoms with Crippen LogP contribution in [-0.4, -0.2) is 32.9 Å². The van der Waals surface area contributed by atoms with E-state index in [0.29, 0.717) is 17.5 Å². The second kappa shape index (κ2) is 7.58. The van der Waals surface area contributed by atoms with E-state index in [9.17, 15) is 4.39 Å². The summed E-state index contributed by atoms with van der Waals surface area (Å²) in [4.78, 5) is 1.36. The smallest absolute Gasteiger partial charge is 0.225 e. The fraction of sp³-hybridized carbons (Fsp3) is 0.316. The highest BCUT2D eigenvalue weighted by Gasteiger charge is 2.34. The number of rotatable bonds is 7. The van der Waals surface area contributed by atoms with Gasteiger partial charge in [0.25, 0.3) is 0 Å². The van der Waals surface area contributed by atoms with Gasteiger partial charge in [0.05, 0.1) is 18.8 Å². The van der Waals surface area contributed by atoms with E-state index in [-0.39, 0.29) is 5.82 Å². The number of nitrogens with zero attached hydrogens (tertiary/aromatic N) is 4. The molecule has 4 rings (SSSR count). The van der Waals surface area contributed by atoms with Crippen LogP contribution in [0, 0.1) is 10.6 Å². The Labute approximate surface area is 161 Å². The SMILES string of the molecule is COc1ccc(-n2nnn(C[NH+](Cc3ccc(F)cc3)C3CC3)c2=S)cc1. The van der Waals surface area contributed by atoms with E-state index in [4.69, 9.17) is 17.0 Å². The predicted molar refractivity (Wildman–Crippen MR) is 101 cm³/mol. The molecule has 1 aromatic heterocycles. The molecule has 140 valence electrons. The van der Waals surface area contributed by atoms with Crippen molar-refractivity contribution < 1.29 is 14.0 Å². The van der Waals surface area contributed by atoms with Crippen LogP contribution in [0.15, 0.2) is 48.5 Å². The van der Waals surface area contributed by atoms with Crippen LogP contribution in [0.3, 0.4) is 0 Å². The van der Waals surface area contributed by atoms with Crippen molar-refractivity contribution in [2.75, 3.05) is 7.11 Å². The summed E-state index contributed by atoms with van der Waals surface area (Å²) in [6, 6.07) is 14.8. The topological polar surface area (TPSA) is 49.3 Å². The minimum atomic E-state index is -0.212. The van der Waals surface area contributed by atoms with Gasteiger partial charge in [-0.1, -0.05) is 12.1 Å². The summed E-state index contributed by atoms with van der Waals surface area (Å²) >= 11 is 5.58. The van der Waals surface area contributed by atoms with Crippen molar-refractivity contribution in [3.63, 3.8) is 0 Å². The number of ether oxygens (including phenoxy) is 1. The Kier molecular flexibility index (Phi) is 5.00. The number of halogens is 1. The van der Waals surface area contributed by atoms with Crippen molar-refractivity contribution in [3.05, 3.63) is 64.7 Å². The molecule has 0 bridgehead atoms. The number of benzene rings is 2. The highest BCUT2D eigenvalue weighted by atomic mass is 32.1. The lowest BCUT2D eigenvalue weighted by Crippen LogP contribution is -3.11. The molecule has 1 N–H and O–H groups in total. The monoisotopic (exact) mass is 386 g/mol. The van der Waals surface area contributed by atoms with Gasteiger partial charge in [0.2, 0.25) is 4.77 Å². The van der Waals surface area contributed by atoms with E-state index in [1.807, 2.05) is 36.4 Å². The van der Waals surface area contributed by atoms with E-state index in [2.05, 4.69) is 10.4 Å². The molecule has 1 saturated carbocycles. The van der Waals surface area contributed by atoms with E-state index in [1.165, 1.54) is 29.9 Å². The van der Waals surface area contributed by atoms with Gasteiger partial charge in [0, 0.05) is 18.4 Å². The summed E-state index contributed by atoms with van der Waals surface area (Å²) < 4.78 is 22.3. The molecule has 1 atom stereocenters. The highest BCUT2D eigenvalue weighted by Crippen LogP contribution is 2.17. The number of aromatic nitrogens is 4. The maximum Gasteiger partial charge on any atom is 0.225 e. The summed E-state index contributed by atoms with van der Waals surface area (Å²) in [5.41, 5.74) is 1.95. The van der Waals surface area contributed by atoms with Crippen molar-refractivity contribution >= 4 is 12.2 Å². The molecule has 0 spiro atoms. The van der Waals surface area contributed by atoms with E-state index < -0.39 is 0 Å². The number of quaternary nitrogens is 1. The molecular weight excluding hydrogens is 365 g/mol. The fourth-order valence-corrected chi connectivity index (χ4v) is 3.38. The highest BCUT2D eigenvalue weighted by molar-refractivity contribution is 7.71. The number of hydrogen-bond acceptors (Lipinski definition) is 4. The molecule has 6 nitrogen and oxygen atoms in total. The van der Waals surface area contributed by atoms with Gasteiger partial charge in [-0.15, -0.1) is 0 Å². The van der Waals surface area contributed by atoms with Crippen LogP contribution < -0.4 is 9.64 Å². The number of hydrogen-bond donors (Lipinski definition) is 1. The third-order valence-electron chi connectivity index (χ3n) is 4.81. The molecule has 1 aliphatic carbocycles. The minimum Gasteiger partial charge on any atom is -0.497 e. The molecule has 0 saturated heterocycles. The molecule has 27 heavy (non-hydrogen) atoms. The first-order valence-electron chi connectivity index (χ1n) is 8.90. The third-order valence-corrected chi connectivity index (χ3v) is 5.19. The summed E-state index contributed by atoms with van der Waals surface area (Å²) in [5, 5.41) is 8.47. The molecule has 0 aliphatic heterocycles. The van der Waals surface area contributed by atoms with Crippen molar-refractivity contribution in [2.24, 2.45) is 0 Å². The minimum absolute atomic E-state index is 0.212. The first kappa shape index (κ1) is 17.8. The Morgan fingerprint density at radius 1 is 1.11 bits per heavy atom. The largest absolute Gasteiger partial charge is 0.497 e. The molecule has 1 unspecified atom stereocenters. The van der Waals surface area contributed by atoms with Crippen molar-refractivity contribution in [1.29, 1.82) is 0 Å². The van der Waals surface area contributed by atoms with Crippen LogP contribution >= 0.6 is 12.2 Å². The van der Waals surface area contributed by atoms with Gasteiger partial charge < -0.3 is 9.64 Å². The van der Waals surface area contributed by atoms with Crippen LogP contribution in [0.1, 0.15) is 18.4 Å². The van der Waals surface area contributed by atoms with Crippen LogP contribution in [0.5, 0.6) is 5.75 Å². The molecule has 0 amide bonds. The zero-order valence-corrected chi connectivity index (χ0v) is 15.8. The molecule has 8 heteroatoms. The standard InChI is InChI=1S/C19H20FN5OS/c1-26-18-10-8-17(9-11-18)25-19(27)24(21-22-25)13-23(16-6-7-16)12-14-2-4-15(20)5-3-14/h2-5,8-11,16H,6-7,12-13H2,1H3/p+1. The molecule has 2 aromatic carbocycles. The van der Waals surface area contributed by atoms with E-state index >= 15 is 0 Å². The lowest BCUT2D eigenvalue weighted by molar-refractivity contribution is -0.947. The average molecular weight is 386 g/mol. The van der Waals surface area contributed by atoms with Gasteiger partial charge in [0.15, 0.2) is 6.67 Å². The Balaban J connectivity index is 1.53. The van der Waals surface area contributed by atoms with Gasteiger partial charge in [-0.2, -0.15) is 9.36 Å². The maximum atomic E-state index is 13.2. The molecule has 1 heterocycles. The van der Waals surface area contributed by atoms with Crippen molar-refractivity contribution in [3.8, 4) is 11.4 Å². The Bertz CT molecular complexity index is 963. The predicted octanol–water partition coefficient (Wildman–Crippen LogP) is 2.15. The zero-order chi connectivity index (χ0) is 18.8. The first-order valence-corrected chi connectivity index (χ1v) is 9.31. The number of methoxy groups -OCH3 is 1. The van der Waals surface area contributed by atoms with Gasteiger partial charge in [0.1, 0.15) is 18.1 Å². The maximum absolute atomic E-state index is 13.2. The van der Waals surface area contributed by atoms with E-state index in [1.54, 1.807) is 16.5 Å². The molecule has 3 aromatic rings. The van der Waals surface area contributed by atoms with Crippen molar-refractivity contribution in [1.82, 2.24) is 19.8 Å². The van der Waals surface area contributed by atoms with Gasteiger partial charge >= 0.3 is 0 Å². The first-order chi connectivity index (χ1) is 13.1. The fourth-order valence-electron chi connectivity index (χ4n) is 3.14. The summed E-state index contributed by atoms with van der Waals surface area (Å²) in [7, 11) is 1.63. The Hall–Kier alpha value is -2.58. The third kappa shape index (κ3) is 4.06. The van der Waals surface area contributed by atoms with Gasteiger partial charge in [-0.05, 0) is 59.0 Å². The van der Waals surface area contributed by atoms with Crippen LogP contribution in [-0.2, 0) is 13.2 Å². The quantitative estimate of drug-likeness (QED) is 0.632. The lowest BCUT2D eigenvalue weighted by Gasteiger charge is -2.18. The van der Waals surface area contributed by atoms with Crippen LogP contribution in [0.25, 0.3) is 5.69 Å². The molecule has 0 radical (unpaired) electrons. The number of nitrogens with one attached hydrogen (secondary N) is 1. The summed E-state index contributed by atoms with van der Waals surface area (Å²) in [6.07, 6.45) is 2.38. The zero-order valence-electron chi connectivity index (χ0n) is 15.0. The second-order valence-electron chi connectivity index (χ2n) is 6.76. The summed E-state index contributed by atoms with van der Waals surface area (Å²) in [6.45, 7) is 1.44. The van der Waals surface area contributed by atoms with Gasteiger partial charge in [-0.25, -0.2) is 4.39 Å². The molecule has 1 aliphatic rings. The second-order valence-corrected chi connectivity index (χ2v) is 7.13. The lowest BCUT2D eigenvalue weighted by atomic mass is 10.2. The average Bonchev–Trinajstić information content (AvgIpc) is 3.48. The number of tetrazole rings is 1. The molecular formula is C19H21FN5OS+. The Morgan fingerprint density at radius 2 is 1.81 bits per heavy atom. The van der Waals surface area contributed by atoms with Crippen LogP contribution in [0.2, 0.25) is 0 Å². The van der Waals surface area contributed by atoms with Crippen LogP contribution in [0.4, 0.5) is 4.39 Å². The Morgan fingerprint density at radius 3 is 2.44 bits per heavy atom.